The fraction of sp³-hybridized carbons (Fsp3) is 0.692. The minimum Gasteiger partial charge on any atom is -0.312 e. The Morgan fingerprint density at radius 2 is 2.35 bits per heavy atom. The summed E-state index contributed by atoms with van der Waals surface area (Å²) >= 11 is 0. The lowest BCUT2D eigenvalue weighted by Crippen LogP contribution is -2.43. The van der Waals surface area contributed by atoms with Crippen molar-refractivity contribution in [3.63, 3.8) is 0 Å². The van der Waals surface area contributed by atoms with Crippen LogP contribution in [-0.2, 0) is 6.54 Å². The van der Waals surface area contributed by atoms with Crippen LogP contribution < -0.4 is 5.32 Å². The van der Waals surface area contributed by atoms with Gasteiger partial charge in [0.15, 0.2) is 0 Å². The molecule has 2 aliphatic rings. The van der Waals surface area contributed by atoms with Crippen molar-refractivity contribution >= 4 is 0 Å². The zero-order valence-electron chi connectivity index (χ0n) is 10.2. The van der Waals surface area contributed by atoms with Gasteiger partial charge in [0.25, 0.3) is 0 Å². The van der Waals surface area contributed by atoms with Gasteiger partial charge in [-0.05, 0) is 44.8 Å². The Bertz CT molecular complexity index is 348. The summed E-state index contributed by atoms with van der Waals surface area (Å²) in [7, 11) is 0. The van der Waals surface area contributed by atoms with E-state index in [9.17, 15) is 0 Å². The van der Waals surface area contributed by atoms with Gasteiger partial charge in [0.05, 0.1) is 5.69 Å². The second-order valence-electron chi connectivity index (χ2n) is 5.08. The van der Waals surface area contributed by atoms with Gasteiger partial charge in [-0.15, -0.1) is 0 Å². The number of hydrogen-bond donors (Lipinski definition) is 1. The van der Waals surface area contributed by atoms with Crippen molar-refractivity contribution in [2.24, 2.45) is 0 Å². The Labute approximate surface area is 102 Å². The van der Waals surface area contributed by atoms with Crippen LogP contribution in [0, 0.1) is 0 Å². The summed E-state index contributed by atoms with van der Waals surface area (Å²) in [6, 6.07) is 3.45. The lowest BCUT2D eigenvalue weighted by molar-refractivity contribution is 0.204. The smallest absolute Gasteiger partial charge is 0.115 e. The molecular weight excluding hydrogens is 212 g/mol. The minimum absolute atomic E-state index is 0.708. The van der Waals surface area contributed by atoms with Crippen molar-refractivity contribution in [2.75, 3.05) is 13.1 Å². The molecule has 1 aromatic heterocycles. The average molecular weight is 232 g/mol. The molecule has 92 valence electrons. The van der Waals surface area contributed by atoms with Gasteiger partial charge in [0.2, 0.25) is 0 Å². The fourth-order valence-electron chi connectivity index (χ4n) is 3.16. The first-order chi connectivity index (χ1) is 8.43. The Hall–Kier alpha value is -1.00. The quantitative estimate of drug-likeness (QED) is 0.850. The molecule has 1 aromatic rings. The standard InChI is InChI=1S/C13H20N4/c1-3-12(15-6-1)13-4-2-8-17(13)9-11-5-7-14-10-16-11/h5,7,10,12-13,15H,1-4,6,8-9H2. The lowest BCUT2D eigenvalue weighted by Gasteiger charge is -2.29. The number of nitrogens with zero attached hydrogens (tertiary/aromatic N) is 3. The number of likely N-dealkylation sites (tertiary alicyclic amines) is 1. The summed E-state index contributed by atoms with van der Waals surface area (Å²) < 4.78 is 0. The van der Waals surface area contributed by atoms with Crippen molar-refractivity contribution in [1.82, 2.24) is 20.2 Å². The highest BCUT2D eigenvalue weighted by atomic mass is 15.2. The van der Waals surface area contributed by atoms with E-state index in [2.05, 4.69) is 20.2 Å². The second kappa shape index (κ2) is 5.10. The van der Waals surface area contributed by atoms with E-state index in [1.165, 1.54) is 38.8 Å². The molecule has 4 heteroatoms. The molecule has 0 radical (unpaired) electrons. The molecule has 3 rings (SSSR count). The first-order valence-electron chi connectivity index (χ1n) is 6.66. The second-order valence-corrected chi connectivity index (χ2v) is 5.08. The maximum Gasteiger partial charge on any atom is 0.115 e. The molecular formula is C13H20N4. The summed E-state index contributed by atoms with van der Waals surface area (Å²) in [6.45, 7) is 3.39. The van der Waals surface area contributed by atoms with Crippen molar-refractivity contribution in [2.45, 2.75) is 44.3 Å². The van der Waals surface area contributed by atoms with Gasteiger partial charge < -0.3 is 5.32 Å². The molecule has 3 heterocycles. The van der Waals surface area contributed by atoms with Gasteiger partial charge in [-0.25, -0.2) is 9.97 Å². The molecule has 0 spiro atoms. The van der Waals surface area contributed by atoms with Crippen LogP contribution in [-0.4, -0.2) is 40.0 Å². The van der Waals surface area contributed by atoms with E-state index >= 15 is 0 Å². The molecule has 4 nitrogen and oxygen atoms in total. The predicted molar refractivity (Wildman–Crippen MR) is 66.5 cm³/mol. The van der Waals surface area contributed by atoms with E-state index in [0.717, 1.165) is 12.2 Å². The normalized spacial score (nSPS) is 29.9. The third-order valence-corrected chi connectivity index (χ3v) is 3.99. The van der Waals surface area contributed by atoms with Gasteiger partial charge in [-0.1, -0.05) is 0 Å². The Morgan fingerprint density at radius 1 is 1.35 bits per heavy atom. The minimum atomic E-state index is 0.708. The Morgan fingerprint density at radius 3 is 3.12 bits per heavy atom. The van der Waals surface area contributed by atoms with E-state index in [0.29, 0.717) is 12.1 Å². The SMILES string of the molecule is c1cc(CN2CCCC2C2CCCN2)ncn1. The molecule has 0 amide bonds. The maximum absolute atomic E-state index is 4.33. The highest BCUT2D eigenvalue weighted by Gasteiger charge is 2.33. The van der Waals surface area contributed by atoms with Crippen LogP contribution in [0.2, 0.25) is 0 Å². The topological polar surface area (TPSA) is 41.0 Å². The van der Waals surface area contributed by atoms with E-state index < -0.39 is 0 Å². The van der Waals surface area contributed by atoms with E-state index in [4.69, 9.17) is 0 Å². The van der Waals surface area contributed by atoms with E-state index in [1.807, 2.05) is 12.3 Å². The first-order valence-corrected chi connectivity index (χ1v) is 6.66. The molecule has 2 saturated heterocycles. The summed E-state index contributed by atoms with van der Waals surface area (Å²) in [5.41, 5.74) is 1.14. The number of hydrogen-bond acceptors (Lipinski definition) is 4. The van der Waals surface area contributed by atoms with Gasteiger partial charge in [-0.2, -0.15) is 0 Å². The highest BCUT2D eigenvalue weighted by Crippen LogP contribution is 2.25. The monoisotopic (exact) mass is 232 g/mol. The van der Waals surface area contributed by atoms with Crippen molar-refractivity contribution in [3.8, 4) is 0 Å². The molecule has 0 bridgehead atoms. The molecule has 17 heavy (non-hydrogen) atoms. The van der Waals surface area contributed by atoms with Crippen LogP contribution in [0.5, 0.6) is 0 Å². The summed E-state index contributed by atoms with van der Waals surface area (Å²) in [4.78, 5) is 10.9. The highest BCUT2D eigenvalue weighted by molar-refractivity contribution is 5.01. The Kier molecular flexibility index (Phi) is 3.34. The average Bonchev–Trinajstić information content (AvgIpc) is 3.00. The van der Waals surface area contributed by atoms with Crippen LogP contribution in [0.15, 0.2) is 18.6 Å². The van der Waals surface area contributed by atoms with Gasteiger partial charge in [-0.3, -0.25) is 4.90 Å². The molecule has 1 N–H and O–H groups in total. The lowest BCUT2D eigenvalue weighted by atomic mass is 10.0. The van der Waals surface area contributed by atoms with Gasteiger partial charge in [0, 0.05) is 24.8 Å². The molecule has 2 aliphatic heterocycles. The van der Waals surface area contributed by atoms with Crippen LogP contribution in [0.25, 0.3) is 0 Å². The fourth-order valence-corrected chi connectivity index (χ4v) is 3.16. The molecule has 2 unspecified atom stereocenters. The van der Waals surface area contributed by atoms with Crippen LogP contribution >= 0.6 is 0 Å². The molecule has 2 atom stereocenters. The largest absolute Gasteiger partial charge is 0.312 e. The first kappa shape index (κ1) is 11.1. The third-order valence-electron chi connectivity index (χ3n) is 3.99. The number of aromatic nitrogens is 2. The zero-order chi connectivity index (χ0) is 11.5. The number of rotatable bonds is 3. The van der Waals surface area contributed by atoms with E-state index in [-0.39, 0.29) is 0 Å². The summed E-state index contributed by atoms with van der Waals surface area (Å²) in [5, 5.41) is 3.64. The zero-order valence-corrected chi connectivity index (χ0v) is 10.2. The van der Waals surface area contributed by atoms with Gasteiger partial charge >= 0.3 is 0 Å². The molecule has 0 aromatic carbocycles. The summed E-state index contributed by atoms with van der Waals surface area (Å²) in [5.74, 6) is 0. The van der Waals surface area contributed by atoms with Crippen molar-refractivity contribution < 1.29 is 0 Å². The maximum atomic E-state index is 4.33. The third kappa shape index (κ3) is 2.48. The molecule has 0 aliphatic carbocycles. The van der Waals surface area contributed by atoms with Crippen molar-refractivity contribution in [1.29, 1.82) is 0 Å². The summed E-state index contributed by atoms with van der Waals surface area (Å²) in [6.07, 6.45) is 8.82. The predicted octanol–water partition coefficient (Wildman–Crippen LogP) is 1.19. The molecule has 0 saturated carbocycles. The van der Waals surface area contributed by atoms with Crippen LogP contribution in [0.3, 0.4) is 0 Å². The van der Waals surface area contributed by atoms with Crippen molar-refractivity contribution in [3.05, 3.63) is 24.3 Å². The Balaban J connectivity index is 1.65. The van der Waals surface area contributed by atoms with Gasteiger partial charge in [0.1, 0.15) is 6.33 Å². The van der Waals surface area contributed by atoms with E-state index in [1.54, 1.807) is 6.33 Å². The number of nitrogens with one attached hydrogen (secondary N) is 1. The van der Waals surface area contributed by atoms with Crippen LogP contribution in [0.1, 0.15) is 31.4 Å². The molecule has 2 fully saturated rings. The van der Waals surface area contributed by atoms with Crippen LogP contribution in [0.4, 0.5) is 0 Å².